The minimum Gasteiger partial charge on any atom is -0.497 e. The van der Waals surface area contributed by atoms with E-state index in [4.69, 9.17) is 33.2 Å². The summed E-state index contributed by atoms with van der Waals surface area (Å²) in [5.41, 5.74) is 1.12. The molecule has 0 bridgehead atoms. The van der Waals surface area contributed by atoms with Gasteiger partial charge in [0.25, 0.3) is 0 Å². The molecule has 0 spiro atoms. The lowest BCUT2D eigenvalue weighted by Gasteiger charge is -2.43. The fraction of sp³-hybridized carbons (Fsp3) is 0.581. The third-order valence-electron chi connectivity index (χ3n) is 8.56. The molecule has 0 unspecified atom stereocenters. The Labute approximate surface area is 264 Å². The highest BCUT2D eigenvalue weighted by Crippen LogP contribution is 2.43. The Morgan fingerprint density at radius 3 is 2.28 bits per heavy atom. The highest BCUT2D eigenvalue weighted by molar-refractivity contribution is 5.87. The number of hydrogen-bond donors (Lipinski definition) is 7. The van der Waals surface area contributed by atoms with Crippen LogP contribution in [0.2, 0.25) is 0 Å². The first-order valence-electron chi connectivity index (χ1n) is 14.9. The molecule has 0 aromatic heterocycles. The Kier molecular flexibility index (Phi) is 11.1. The smallest absolute Gasteiger partial charge is 0.331 e. The highest BCUT2D eigenvalue weighted by atomic mass is 16.8. The number of rotatable bonds is 10. The van der Waals surface area contributed by atoms with E-state index in [-0.39, 0.29) is 0 Å². The standard InChI is InChI=1S/C31H40O15/c1-14-23(35)28(45-21(34)8-5-15-3-6-17(40-2)7-4-15)27(39)31(42-14)43-19-11-16(12-32)22-18(19)9-10-41-29(22)46-30-26(38)25(37)24(36)20(13-33)44-30/h3-11,14,18-20,22-33,35-39H,12-13H2,1-2H3/b8-5+/t14-,18-,19+,20+,22+,23-,24+,25-,26+,27+,28+,29+,30-,31-/m0/s1. The third-order valence-corrected chi connectivity index (χ3v) is 8.56. The van der Waals surface area contributed by atoms with E-state index in [0.29, 0.717) is 16.9 Å². The van der Waals surface area contributed by atoms with Crippen molar-refractivity contribution >= 4 is 12.0 Å². The van der Waals surface area contributed by atoms with Gasteiger partial charge in [-0.1, -0.05) is 18.2 Å². The molecule has 0 saturated carbocycles. The van der Waals surface area contributed by atoms with E-state index in [1.807, 2.05) is 0 Å². The minimum absolute atomic E-state index is 0.430. The number of carbonyl (C=O) groups is 1. The Morgan fingerprint density at radius 1 is 0.891 bits per heavy atom. The molecule has 254 valence electrons. The number of aliphatic hydroxyl groups is 7. The summed E-state index contributed by atoms with van der Waals surface area (Å²) in [6, 6.07) is 6.92. The van der Waals surface area contributed by atoms with Crippen LogP contribution in [-0.2, 0) is 33.2 Å². The summed E-state index contributed by atoms with van der Waals surface area (Å²) >= 11 is 0. The van der Waals surface area contributed by atoms with Crippen LogP contribution in [0.3, 0.4) is 0 Å². The zero-order chi connectivity index (χ0) is 33.1. The second-order valence-corrected chi connectivity index (χ2v) is 11.5. The number of fused-ring (bicyclic) bond motifs is 1. The quantitative estimate of drug-likeness (QED) is 0.0852. The van der Waals surface area contributed by atoms with Crippen LogP contribution in [0.15, 0.2) is 54.3 Å². The van der Waals surface area contributed by atoms with E-state index >= 15 is 0 Å². The molecular formula is C31H40O15. The van der Waals surface area contributed by atoms with Crippen LogP contribution in [0.4, 0.5) is 0 Å². The molecule has 14 atom stereocenters. The maximum atomic E-state index is 12.6. The van der Waals surface area contributed by atoms with Gasteiger partial charge in [-0.2, -0.15) is 0 Å². The lowest BCUT2D eigenvalue weighted by Crippen LogP contribution is -2.60. The van der Waals surface area contributed by atoms with Crippen molar-refractivity contribution in [3.05, 3.63) is 59.9 Å². The second kappa shape index (κ2) is 14.9. The number of esters is 1. The summed E-state index contributed by atoms with van der Waals surface area (Å²) in [5, 5.41) is 72.2. The van der Waals surface area contributed by atoms with Crippen molar-refractivity contribution in [3.63, 3.8) is 0 Å². The van der Waals surface area contributed by atoms with Gasteiger partial charge in [-0.3, -0.25) is 0 Å². The predicted octanol–water partition coefficient (Wildman–Crippen LogP) is -1.68. The summed E-state index contributed by atoms with van der Waals surface area (Å²) in [7, 11) is 1.54. The fourth-order valence-electron chi connectivity index (χ4n) is 5.94. The maximum Gasteiger partial charge on any atom is 0.331 e. The van der Waals surface area contributed by atoms with E-state index in [1.54, 1.807) is 36.4 Å². The molecule has 0 radical (unpaired) electrons. The Hall–Kier alpha value is -2.93. The van der Waals surface area contributed by atoms with Crippen LogP contribution in [0.5, 0.6) is 5.75 Å². The highest BCUT2D eigenvalue weighted by Gasteiger charge is 2.52. The lowest BCUT2D eigenvalue weighted by atomic mass is 9.88. The maximum absolute atomic E-state index is 12.6. The zero-order valence-corrected chi connectivity index (χ0v) is 25.1. The van der Waals surface area contributed by atoms with Crippen LogP contribution in [-0.4, -0.2) is 136 Å². The van der Waals surface area contributed by atoms with Crippen molar-refractivity contribution in [2.75, 3.05) is 20.3 Å². The summed E-state index contributed by atoms with van der Waals surface area (Å²) < 4.78 is 39.3. The van der Waals surface area contributed by atoms with Gasteiger partial charge in [0.15, 0.2) is 18.7 Å². The first kappa shape index (κ1) is 34.4. The van der Waals surface area contributed by atoms with Gasteiger partial charge in [0.05, 0.1) is 44.7 Å². The van der Waals surface area contributed by atoms with Gasteiger partial charge in [0.1, 0.15) is 42.4 Å². The molecule has 4 aliphatic rings. The number of aliphatic hydroxyl groups excluding tert-OH is 7. The molecule has 2 fully saturated rings. The molecule has 1 aromatic rings. The second-order valence-electron chi connectivity index (χ2n) is 11.5. The van der Waals surface area contributed by atoms with Crippen molar-refractivity contribution in [3.8, 4) is 5.75 Å². The molecule has 46 heavy (non-hydrogen) atoms. The first-order valence-corrected chi connectivity index (χ1v) is 14.9. The van der Waals surface area contributed by atoms with E-state index < -0.39 is 105 Å². The molecule has 3 aliphatic heterocycles. The Balaban J connectivity index is 1.25. The van der Waals surface area contributed by atoms with E-state index in [2.05, 4.69) is 0 Å². The molecule has 3 heterocycles. The summed E-state index contributed by atoms with van der Waals surface area (Å²) in [6.07, 6.45) is -8.96. The normalized spacial score (nSPS) is 40.7. The van der Waals surface area contributed by atoms with Gasteiger partial charge in [0.2, 0.25) is 6.29 Å². The first-order chi connectivity index (χ1) is 22.1. The summed E-state index contributed by atoms with van der Waals surface area (Å²) in [6.45, 7) is 0.453. The van der Waals surface area contributed by atoms with Gasteiger partial charge in [0, 0.05) is 12.0 Å². The predicted molar refractivity (Wildman–Crippen MR) is 154 cm³/mol. The number of benzene rings is 1. The molecule has 15 heteroatoms. The number of carbonyl (C=O) groups excluding carboxylic acids is 1. The van der Waals surface area contributed by atoms with Crippen LogP contribution in [0, 0.1) is 11.8 Å². The van der Waals surface area contributed by atoms with Crippen molar-refractivity contribution in [2.45, 2.75) is 80.7 Å². The number of hydrogen-bond acceptors (Lipinski definition) is 15. The van der Waals surface area contributed by atoms with Crippen LogP contribution < -0.4 is 4.74 Å². The van der Waals surface area contributed by atoms with Crippen molar-refractivity contribution in [1.82, 2.24) is 0 Å². The van der Waals surface area contributed by atoms with Gasteiger partial charge < -0.3 is 68.9 Å². The number of ether oxygens (including phenoxy) is 7. The molecular weight excluding hydrogens is 612 g/mol. The largest absolute Gasteiger partial charge is 0.497 e. The molecule has 7 N–H and O–H groups in total. The number of methoxy groups -OCH3 is 1. The summed E-state index contributed by atoms with van der Waals surface area (Å²) in [5.74, 6) is -1.39. The van der Waals surface area contributed by atoms with Gasteiger partial charge in [-0.05, 0) is 42.3 Å². The fourth-order valence-corrected chi connectivity index (χ4v) is 5.94. The van der Waals surface area contributed by atoms with Crippen LogP contribution in [0.1, 0.15) is 12.5 Å². The minimum atomic E-state index is -1.68. The van der Waals surface area contributed by atoms with Crippen LogP contribution >= 0.6 is 0 Å². The Morgan fingerprint density at radius 2 is 1.61 bits per heavy atom. The monoisotopic (exact) mass is 652 g/mol. The van der Waals surface area contributed by atoms with Crippen molar-refractivity contribution in [2.24, 2.45) is 11.8 Å². The topological polar surface area (TPSA) is 223 Å². The third kappa shape index (κ3) is 7.14. The molecule has 2 saturated heterocycles. The lowest BCUT2D eigenvalue weighted by molar-refractivity contribution is -0.341. The van der Waals surface area contributed by atoms with Gasteiger partial charge in [-0.15, -0.1) is 0 Å². The van der Waals surface area contributed by atoms with Gasteiger partial charge >= 0.3 is 5.97 Å². The molecule has 1 aliphatic carbocycles. The van der Waals surface area contributed by atoms with Crippen LogP contribution in [0.25, 0.3) is 6.08 Å². The molecule has 0 amide bonds. The molecule has 1 aromatic carbocycles. The Bertz CT molecular complexity index is 1260. The molecule has 5 rings (SSSR count). The molecule has 15 nitrogen and oxygen atoms in total. The van der Waals surface area contributed by atoms with Crippen molar-refractivity contribution in [1.29, 1.82) is 0 Å². The average molecular weight is 653 g/mol. The van der Waals surface area contributed by atoms with E-state index in [9.17, 15) is 40.5 Å². The van der Waals surface area contributed by atoms with Gasteiger partial charge in [-0.25, -0.2) is 4.79 Å². The summed E-state index contributed by atoms with van der Waals surface area (Å²) in [4.78, 5) is 12.6. The van der Waals surface area contributed by atoms with E-state index in [0.717, 1.165) is 6.08 Å². The average Bonchev–Trinajstić information content (AvgIpc) is 3.43. The van der Waals surface area contributed by atoms with Crippen molar-refractivity contribution < 1.29 is 73.7 Å². The zero-order valence-electron chi connectivity index (χ0n) is 25.1. The van der Waals surface area contributed by atoms with E-state index in [1.165, 1.54) is 26.4 Å². The SMILES string of the molecule is COc1ccc(/C=C/C(=O)O[C@@H]2[C@@H](O)[C@H](C)O[C@@H](O[C@@H]3C=C(CO)[C@H]4[C@@H](O[C@@H]5O[C@H](CO)[C@@H](O)[C@H](O)[C@H]5O)OC=C[C@H]43)[C@@H]2O)cc1.